The van der Waals surface area contributed by atoms with E-state index in [4.69, 9.17) is 0 Å². The maximum Gasteiger partial charge on any atom is 0.198 e. The molecule has 1 nitrogen and oxygen atoms in total. The van der Waals surface area contributed by atoms with Crippen molar-refractivity contribution in [2.24, 2.45) is 0 Å². The monoisotopic (exact) mass is 69.1 g/mol. The van der Waals surface area contributed by atoms with Crippen molar-refractivity contribution < 1.29 is 4.79 Å². The fourth-order valence-corrected chi connectivity index (χ4v) is 0. The van der Waals surface area contributed by atoms with Crippen molar-refractivity contribution in [3.63, 3.8) is 0 Å². The van der Waals surface area contributed by atoms with Gasteiger partial charge >= 0.3 is 0 Å². The van der Waals surface area contributed by atoms with Crippen LogP contribution in [0.1, 0.15) is 6.92 Å². The van der Waals surface area contributed by atoms with Gasteiger partial charge in [-0.05, 0) is 6.92 Å². The minimum atomic E-state index is 0.130. The van der Waals surface area contributed by atoms with Crippen LogP contribution in [0.3, 0.4) is 0 Å². The zero-order chi connectivity index (χ0) is 4.28. The molecular formula is C3H6BO. The highest BCUT2D eigenvalue weighted by Gasteiger charge is 1.80. The van der Waals surface area contributed by atoms with E-state index in [0.717, 1.165) is 0 Å². The lowest BCUT2D eigenvalue weighted by atomic mass is 9.78. The van der Waals surface area contributed by atoms with Gasteiger partial charge in [0.15, 0.2) is 7.28 Å². The lowest BCUT2D eigenvalue weighted by molar-refractivity contribution is -0.110. The topological polar surface area (TPSA) is 17.1 Å². The summed E-state index contributed by atoms with van der Waals surface area (Å²) in [5.41, 5.74) is 0.130. The maximum atomic E-state index is 9.76. The molecule has 0 saturated heterocycles. The van der Waals surface area contributed by atoms with Crippen molar-refractivity contribution in [3.8, 4) is 0 Å². The van der Waals surface area contributed by atoms with Crippen LogP contribution < -0.4 is 0 Å². The molecule has 0 fully saturated rings. The van der Waals surface area contributed by atoms with Crippen molar-refractivity contribution in [3.05, 3.63) is 0 Å². The fraction of sp³-hybridized carbons (Fsp3) is 0.667. The molecule has 0 heterocycles. The molecule has 1 radical (unpaired) electrons. The molecule has 0 amide bonds. The average molecular weight is 68.9 g/mol. The smallest absolute Gasteiger partial charge is 0.198 e. The van der Waals surface area contributed by atoms with E-state index in [9.17, 15) is 4.79 Å². The van der Waals surface area contributed by atoms with Crippen LogP contribution in [-0.4, -0.2) is 13.0 Å². The highest BCUT2D eigenvalue weighted by atomic mass is 16.1. The maximum absolute atomic E-state index is 9.76. The van der Waals surface area contributed by atoms with Gasteiger partial charge in [-0.3, -0.25) is 0 Å². The molecule has 0 aromatic carbocycles. The first-order valence-corrected chi connectivity index (χ1v) is 1.57. The second kappa shape index (κ2) is 2.00. The summed E-state index contributed by atoms with van der Waals surface area (Å²) in [6.07, 6.45) is 0. The first kappa shape index (κ1) is 4.73. The molecule has 0 bridgehead atoms. The van der Waals surface area contributed by atoms with Gasteiger partial charge < -0.3 is 4.79 Å². The van der Waals surface area contributed by atoms with Crippen molar-refractivity contribution >= 4 is 13.0 Å². The second-order valence-corrected chi connectivity index (χ2v) is 0.899. The highest BCUT2D eigenvalue weighted by Crippen LogP contribution is 1.56. The predicted octanol–water partition coefficient (Wildman–Crippen LogP) is 0.285. The zero-order valence-corrected chi connectivity index (χ0v) is 3.49. The Morgan fingerprint density at radius 3 is 2.00 bits per heavy atom. The number of hydrogen-bond donors (Lipinski definition) is 0. The van der Waals surface area contributed by atoms with Crippen LogP contribution in [0.4, 0.5) is 0 Å². The van der Waals surface area contributed by atoms with E-state index >= 15 is 0 Å². The highest BCUT2D eigenvalue weighted by molar-refractivity contribution is 6.72. The van der Waals surface area contributed by atoms with E-state index in [0.29, 0.717) is 0 Å². The van der Waals surface area contributed by atoms with E-state index in [1.165, 1.54) is 14.2 Å². The third-order valence-corrected chi connectivity index (χ3v) is 0.407. The number of rotatable bonds is 1. The molecule has 0 aromatic heterocycles. The van der Waals surface area contributed by atoms with Crippen LogP contribution in [0.5, 0.6) is 0 Å². The molecule has 0 aliphatic heterocycles. The third kappa shape index (κ3) is 3.73. The van der Waals surface area contributed by atoms with Crippen LogP contribution >= 0.6 is 0 Å². The Bertz CT molecular complexity index is 42.2. The van der Waals surface area contributed by atoms with Gasteiger partial charge in [0.2, 0.25) is 0 Å². The Kier molecular flexibility index (Phi) is 1.90. The van der Waals surface area contributed by atoms with Gasteiger partial charge in [0, 0.05) is 0 Å². The van der Waals surface area contributed by atoms with Crippen LogP contribution in [0.2, 0.25) is 6.82 Å². The van der Waals surface area contributed by atoms with Gasteiger partial charge in [-0.1, -0.05) is 6.82 Å². The minimum absolute atomic E-state index is 0.130. The Hall–Kier alpha value is -0.265. The van der Waals surface area contributed by atoms with Crippen molar-refractivity contribution in [2.75, 3.05) is 0 Å². The Balaban J connectivity index is 2.85. The standard InChI is InChI=1S/C3H6BO/c1-3(5)4-2/h1-2H3. The summed E-state index contributed by atoms with van der Waals surface area (Å²) in [7, 11) is 1.53. The molecule has 27 valence electrons. The predicted molar refractivity (Wildman–Crippen MR) is 22.3 cm³/mol. The van der Waals surface area contributed by atoms with Gasteiger partial charge in [-0.15, -0.1) is 0 Å². The minimum Gasteiger partial charge on any atom is -0.312 e. The van der Waals surface area contributed by atoms with Crippen molar-refractivity contribution in [1.82, 2.24) is 0 Å². The summed E-state index contributed by atoms with van der Waals surface area (Å²) in [6, 6.07) is 0. The van der Waals surface area contributed by atoms with Crippen LogP contribution in [0.25, 0.3) is 0 Å². The summed E-state index contributed by atoms with van der Waals surface area (Å²) in [6.45, 7) is 3.25. The number of hydrogen-bond acceptors (Lipinski definition) is 1. The molecule has 0 unspecified atom stereocenters. The fourth-order valence-electron chi connectivity index (χ4n) is 0. The van der Waals surface area contributed by atoms with Gasteiger partial charge in [-0.25, -0.2) is 0 Å². The molecule has 0 spiro atoms. The molecule has 0 rings (SSSR count). The molecule has 0 aliphatic rings. The molecule has 0 aliphatic carbocycles. The first-order valence-electron chi connectivity index (χ1n) is 1.57. The SMILES string of the molecule is C[B]C(C)=O. The summed E-state index contributed by atoms with van der Waals surface area (Å²) >= 11 is 0. The average Bonchev–Trinajstić information content (AvgIpc) is 1.38. The van der Waals surface area contributed by atoms with Gasteiger partial charge in [0.1, 0.15) is 0 Å². The molecule has 5 heavy (non-hydrogen) atoms. The lowest BCUT2D eigenvalue weighted by Gasteiger charge is -1.68. The van der Waals surface area contributed by atoms with Gasteiger partial charge in [0.25, 0.3) is 0 Å². The quantitative estimate of drug-likeness (QED) is 0.404. The first-order chi connectivity index (χ1) is 2.27. The summed E-state index contributed by atoms with van der Waals surface area (Å²) < 4.78 is 0. The lowest BCUT2D eigenvalue weighted by Crippen LogP contribution is -1.94. The Morgan fingerprint density at radius 2 is 2.00 bits per heavy atom. The van der Waals surface area contributed by atoms with E-state index < -0.39 is 0 Å². The summed E-state index contributed by atoms with van der Waals surface area (Å²) in [5.74, 6) is 0. The Labute approximate surface area is 32.6 Å². The van der Waals surface area contributed by atoms with Crippen LogP contribution in [0.15, 0.2) is 0 Å². The van der Waals surface area contributed by atoms with Gasteiger partial charge in [-0.2, -0.15) is 0 Å². The molecular weight excluding hydrogens is 62.8 g/mol. The van der Waals surface area contributed by atoms with E-state index in [1.807, 2.05) is 0 Å². The molecule has 0 aromatic rings. The zero-order valence-electron chi connectivity index (χ0n) is 3.49. The molecule has 0 atom stereocenters. The second-order valence-electron chi connectivity index (χ2n) is 0.899. The van der Waals surface area contributed by atoms with E-state index in [2.05, 4.69) is 0 Å². The third-order valence-electron chi connectivity index (χ3n) is 0.407. The van der Waals surface area contributed by atoms with Crippen molar-refractivity contribution in [1.29, 1.82) is 0 Å². The summed E-state index contributed by atoms with van der Waals surface area (Å²) in [4.78, 5) is 9.76. The van der Waals surface area contributed by atoms with Crippen LogP contribution in [-0.2, 0) is 4.79 Å². The Morgan fingerprint density at radius 1 is 1.80 bits per heavy atom. The largest absolute Gasteiger partial charge is 0.312 e. The molecule has 0 saturated carbocycles. The number of carbonyl (C=O) groups excluding carboxylic acids is 1. The van der Waals surface area contributed by atoms with E-state index in [1.54, 1.807) is 6.82 Å². The normalized spacial score (nSPS) is 6.80. The number of carbonyl (C=O) groups is 1. The van der Waals surface area contributed by atoms with E-state index in [-0.39, 0.29) is 5.68 Å². The molecule has 0 N–H and O–H groups in total. The molecule has 2 heteroatoms. The van der Waals surface area contributed by atoms with Crippen LogP contribution in [0, 0.1) is 0 Å². The van der Waals surface area contributed by atoms with Gasteiger partial charge in [0.05, 0.1) is 5.68 Å². The summed E-state index contributed by atoms with van der Waals surface area (Å²) in [5, 5.41) is 0. The van der Waals surface area contributed by atoms with Crippen molar-refractivity contribution in [2.45, 2.75) is 13.7 Å².